The van der Waals surface area contributed by atoms with Crippen LogP contribution in [0.5, 0.6) is 0 Å². The van der Waals surface area contributed by atoms with E-state index in [1.54, 1.807) is 26.0 Å². The number of nitrogens with one attached hydrogen (secondary N) is 3. The molecule has 1 fully saturated rings. The minimum absolute atomic E-state index is 0.287. The number of carbonyl (C=O) groups excluding carboxylic acids is 2. The van der Waals surface area contributed by atoms with Crippen molar-refractivity contribution in [3.8, 4) is 0 Å². The van der Waals surface area contributed by atoms with Crippen molar-refractivity contribution in [3.05, 3.63) is 45.1 Å². The Morgan fingerprint density at radius 3 is 2.63 bits per heavy atom. The van der Waals surface area contributed by atoms with Gasteiger partial charge in [0.25, 0.3) is 5.91 Å². The number of hydrazine groups is 1. The molecule has 0 aliphatic carbocycles. The monoisotopic (exact) mass is 406 g/mol. The Balaban J connectivity index is 1.66. The van der Waals surface area contributed by atoms with Gasteiger partial charge in [-0.1, -0.05) is 11.6 Å². The third-order valence-electron chi connectivity index (χ3n) is 4.40. The predicted octanol–water partition coefficient (Wildman–Crippen LogP) is 3.57. The van der Waals surface area contributed by atoms with Crippen LogP contribution in [0.3, 0.4) is 0 Å². The third kappa shape index (κ3) is 4.61. The summed E-state index contributed by atoms with van der Waals surface area (Å²) in [5.41, 5.74) is 5.12. The minimum Gasteiger partial charge on any atom is -0.337 e. The van der Waals surface area contributed by atoms with E-state index in [1.807, 2.05) is 25.1 Å². The second kappa shape index (κ2) is 7.88. The van der Waals surface area contributed by atoms with E-state index in [0.717, 1.165) is 30.8 Å². The molecule has 144 valence electrons. The molecule has 8 heteroatoms. The zero-order chi connectivity index (χ0) is 19.6. The molecule has 6 nitrogen and oxygen atoms in total. The second-order valence-corrected chi connectivity index (χ2v) is 8.77. The van der Waals surface area contributed by atoms with Crippen LogP contribution in [-0.2, 0) is 4.79 Å². The van der Waals surface area contributed by atoms with Crippen molar-refractivity contribution in [1.82, 2.24) is 10.7 Å². The summed E-state index contributed by atoms with van der Waals surface area (Å²) >= 11 is 7.05. The van der Waals surface area contributed by atoms with Crippen molar-refractivity contribution in [3.63, 3.8) is 0 Å². The molecule has 1 saturated heterocycles. The molecule has 2 amide bonds. The van der Waals surface area contributed by atoms with Gasteiger partial charge < -0.3 is 15.6 Å². The maximum absolute atomic E-state index is 12.7. The molecule has 1 aromatic heterocycles. The van der Waals surface area contributed by atoms with Crippen molar-refractivity contribution in [2.45, 2.75) is 32.7 Å². The Bertz CT molecular complexity index is 859. The van der Waals surface area contributed by atoms with E-state index < -0.39 is 5.54 Å². The Morgan fingerprint density at radius 2 is 2.04 bits per heavy atom. The number of aryl methyl sites for hydroxylation is 1. The SMILES string of the molecule is Cc1cc(NC(=O)C(C)(C)NC(=O)c2ccc(Cl)s2)ccc1N1CCCN1. The van der Waals surface area contributed by atoms with Crippen LogP contribution in [0.25, 0.3) is 0 Å². The number of thiophene rings is 1. The fraction of sp³-hybridized carbons (Fsp3) is 0.368. The molecule has 1 aromatic carbocycles. The molecule has 0 spiro atoms. The maximum Gasteiger partial charge on any atom is 0.262 e. The minimum atomic E-state index is -1.07. The molecule has 0 radical (unpaired) electrons. The highest BCUT2D eigenvalue weighted by Gasteiger charge is 2.30. The molecule has 27 heavy (non-hydrogen) atoms. The average Bonchev–Trinajstić information content (AvgIpc) is 3.26. The lowest BCUT2D eigenvalue weighted by molar-refractivity contribution is -0.120. The summed E-state index contributed by atoms with van der Waals surface area (Å²) in [4.78, 5) is 25.5. The first-order chi connectivity index (χ1) is 12.8. The highest BCUT2D eigenvalue weighted by atomic mass is 35.5. The van der Waals surface area contributed by atoms with Gasteiger partial charge in [0, 0.05) is 18.8 Å². The molecule has 2 heterocycles. The van der Waals surface area contributed by atoms with E-state index in [1.165, 1.54) is 11.3 Å². The number of anilines is 2. The highest BCUT2D eigenvalue weighted by Crippen LogP contribution is 2.25. The molecular weight excluding hydrogens is 384 g/mol. The first kappa shape index (κ1) is 19.7. The van der Waals surface area contributed by atoms with Crippen LogP contribution >= 0.6 is 22.9 Å². The summed E-state index contributed by atoms with van der Waals surface area (Å²) in [7, 11) is 0. The number of nitrogens with zero attached hydrogens (tertiary/aromatic N) is 1. The molecular formula is C19H23ClN4O2S. The summed E-state index contributed by atoms with van der Waals surface area (Å²) in [5, 5.41) is 7.77. The average molecular weight is 407 g/mol. The van der Waals surface area contributed by atoms with Crippen LogP contribution in [0.1, 0.15) is 35.5 Å². The van der Waals surface area contributed by atoms with E-state index in [-0.39, 0.29) is 11.8 Å². The van der Waals surface area contributed by atoms with E-state index >= 15 is 0 Å². The smallest absolute Gasteiger partial charge is 0.262 e. The van der Waals surface area contributed by atoms with Crippen LogP contribution < -0.4 is 21.1 Å². The summed E-state index contributed by atoms with van der Waals surface area (Å²) in [5.74, 6) is -0.608. The van der Waals surface area contributed by atoms with E-state index in [4.69, 9.17) is 11.6 Å². The van der Waals surface area contributed by atoms with Gasteiger partial charge in [0.1, 0.15) is 5.54 Å². The Hall–Kier alpha value is -2.09. The number of amides is 2. The number of benzene rings is 1. The number of carbonyl (C=O) groups is 2. The van der Waals surface area contributed by atoms with E-state index in [0.29, 0.717) is 14.9 Å². The Morgan fingerprint density at radius 1 is 1.26 bits per heavy atom. The Labute approximate surface area is 167 Å². The molecule has 3 N–H and O–H groups in total. The van der Waals surface area contributed by atoms with Crippen LogP contribution in [0.15, 0.2) is 30.3 Å². The molecule has 3 rings (SSSR count). The lowest BCUT2D eigenvalue weighted by Crippen LogP contribution is -2.52. The quantitative estimate of drug-likeness (QED) is 0.709. The summed E-state index contributed by atoms with van der Waals surface area (Å²) in [6.07, 6.45) is 1.11. The van der Waals surface area contributed by atoms with Crippen LogP contribution in [0, 0.1) is 6.92 Å². The van der Waals surface area contributed by atoms with Crippen molar-refractivity contribution in [2.24, 2.45) is 0 Å². The van der Waals surface area contributed by atoms with Crippen molar-refractivity contribution in [2.75, 3.05) is 23.4 Å². The number of halogens is 1. The molecule has 0 atom stereocenters. The highest BCUT2D eigenvalue weighted by molar-refractivity contribution is 7.18. The summed E-state index contributed by atoms with van der Waals surface area (Å²) in [6, 6.07) is 9.10. The van der Waals surface area contributed by atoms with Crippen LogP contribution in [0.4, 0.5) is 11.4 Å². The number of rotatable bonds is 5. The molecule has 0 saturated carbocycles. The van der Waals surface area contributed by atoms with E-state index in [2.05, 4.69) is 21.1 Å². The zero-order valence-electron chi connectivity index (χ0n) is 15.6. The standard InChI is InChI=1S/C19H23ClN4O2S/c1-12-11-13(5-6-14(12)24-10-4-9-21-24)22-18(26)19(2,3)23-17(25)15-7-8-16(20)27-15/h5-8,11,21H,4,9-10H2,1-3H3,(H,22,26)(H,23,25). The van der Waals surface area contributed by atoms with Gasteiger partial charge in [0.05, 0.1) is 14.9 Å². The first-order valence-electron chi connectivity index (χ1n) is 8.77. The topological polar surface area (TPSA) is 73.5 Å². The second-order valence-electron chi connectivity index (χ2n) is 7.05. The lowest BCUT2D eigenvalue weighted by atomic mass is 10.0. The van der Waals surface area contributed by atoms with Gasteiger partial charge >= 0.3 is 0 Å². The van der Waals surface area contributed by atoms with Gasteiger partial charge in [-0.3, -0.25) is 9.59 Å². The predicted molar refractivity (Wildman–Crippen MR) is 111 cm³/mol. The van der Waals surface area contributed by atoms with Gasteiger partial charge in [0.2, 0.25) is 5.91 Å². The summed E-state index contributed by atoms with van der Waals surface area (Å²) < 4.78 is 0.533. The normalized spacial score (nSPS) is 14.3. The number of hydrogen-bond donors (Lipinski definition) is 3. The largest absolute Gasteiger partial charge is 0.337 e. The van der Waals surface area contributed by atoms with Crippen molar-refractivity contribution >= 4 is 46.1 Å². The van der Waals surface area contributed by atoms with Crippen LogP contribution in [0.2, 0.25) is 4.34 Å². The molecule has 0 bridgehead atoms. The van der Waals surface area contributed by atoms with Crippen molar-refractivity contribution in [1.29, 1.82) is 0 Å². The Kier molecular flexibility index (Phi) is 5.74. The van der Waals surface area contributed by atoms with Crippen molar-refractivity contribution < 1.29 is 9.59 Å². The fourth-order valence-corrected chi connectivity index (χ4v) is 3.84. The molecule has 1 aliphatic heterocycles. The van der Waals surface area contributed by atoms with Crippen LogP contribution in [-0.4, -0.2) is 30.4 Å². The fourth-order valence-electron chi connectivity index (χ4n) is 2.90. The van der Waals surface area contributed by atoms with Gasteiger partial charge in [-0.2, -0.15) is 0 Å². The molecule has 2 aromatic rings. The molecule has 1 aliphatic rings. The molecule has 0 unspecified atom stereocenters. The zero-order valence-corrected chi connectivity index (χ0v) is 17.1. The number of hydrogen-bond acceptors (Lipinski definition) is 5. The lowest BCUT2D eigenvalue weighted by Gasteiger charge is -2.25. The van der Waals surface area contributed by atoms with Gasteiger partial charge in [0.15, 0.2) is 0 Å². The van der Waals surface area contributed by atoms with Gasteiger partial charge in [-0.15, -0.1) is 11.3 Å². The first-order valence-corrected chi connectivity index (χ1v) is 9.97. The van der Waals surface area contributed by atoms with Gasteiger partial charge in [-0.05, 0) is 63.1 Å². The summed E-state index contributed by atoms with van der Waals surface area (Å²) in [6.45, 7) is 7.30. The maximum atomic E-state index is 12.7. The van der Waals surface area contributed by atoms with E-state index in [9.17, 15) is 9.59 Å². The van der Waals surface area contributed by atoms with Gasteiger partial charge in [-0.25, -0.2) is 5.43 Å². The third-order valence-corrected chi connectivity index (χ3v) is 5.63.